The van der Waals surface area contributed by atoms with Crippen LogP contribution >= 0.6 is 0 Å². The predicted octanol–water partition coefficient (Wildman–Crippen LogP) is 6.12. The van der Waals surface area contributed by atoms with Crippen LogP contribution in [0.1, 0.15) is 27.0 Å². The maximum Gasteiger partial charge on any atom is 0.420 e. The fraction of sp³-hybridized carbons (Fsp3) is 0.136. The van der Waals surface area contributed by atoms with Crippen molar-refractivity contribution in [3.05, 3.63) is 89.0 Å². The van der Waals surface area contributed by atoms with E-state index in [0.717, 1.165) is 17.2 Å². The molecule has 0 heterocycles. The molecule has 0 aromatic heterocycles. The maximum absolute atomic E-state index is 13.7. The molecule has 0 radical (unpaired) electrons. The summed E-state index contributed by atoms with van der Waals surface area (Å²) in [6, 6.07) is 17.2. The molecule has 2 N–H and O–H groups in total. The van der Waals surface area contributed by atoms with Crippen molar-refractivity contribution in [3.63, 3.8) is 0 Å². The van der Waals surface area contributed by atoms with Gasteiger partial charge in [0.2, 0.25) is 0 Å². The highest BCUT2D eigenvalue weighted by atomic mass is 19.4. The largest absolute Gasteiger partial charge is 0.478 e. The summed E-state index contributed by atoms with van der Waals surface area (Å²) in [5.41, 5.74) is 0.144. The molecule has 0 bridgehead atoms. The van der Waals surface area contributed by atoms with E-state index < -0.39 is 29.0 Å². The van der Waals surface area contributed by atoms with Crippen LogP contribution in [-0.2, 0) is 12.7 Å². The van der Waals surface area contributed by atoms with Gasteiger partial charge in [-0.1, -0.05) is 48.0 Å². The summed E-state index contributed by atoms with van der Waals surface area (Å²) in [4.78, 5) is 11.4. The number of halogens is 3. The molecular weight excluding hydrogens is 383 g/mol. The molecule has 0 spiro atoms. The molecule has 29 heavy (non-hydrogen) atoms. The first-order valence-corrected chi connectivity index (χ1v) is 8.75. The Balaban J connectivity index is 2.07. The van der Waals surface area contributed by atoms with E-state index in [4.69, 9.17) is 4.74 Å². The second kappa shape index (κ2) is 8.26. The number of ether oxygens (including phenoxy) is 1. The van der Waals surface area contributed by atoms with Crippen molar-refractivity contribution in [1.82, 2.24) is 0 Å². The van der Waals surface area contributed by atoms with E-state index in [0.29, 0.717) is 6.07 Å². The molecule has 0 saturated heterocycles. The third-order valence-electron chi connectivity index (χ3n) is 4.17. The van der Waals surface area contributed by atoms with Gasteiger partial charge in [-0.15, -0.1) is 0 Å². The second-order valence-electron chi connectivity index (χ2n) is 6.46. The van der Waals surface area contributed by atoms with Crippen LogP contribution < -0.4 is 10.1 Å². The SMILES string of the molecule is Cc1cccc(CNc2cc(C(=O)O)cc(C(F)(F)F)c2Oc2ccccc2)c1. The number of para-hydroxylation sites is 1. The minimum Gasteiger partial charge on any atom is -0.478 e. The Labute approximate surface area is 165 Å². The van der Waals surface area contributed by atoms with Crippen molar-refractivity contribution in [3.8, 4) is 11.5 Å². The quantitative estimate of drug-likeness (QED) is 0.523. The molecular formula is C22H18F3NO3. The molecule has 3 aromatic carbocycles. The third-order valence-corrected chi connectivity index (χ3v) is 4.17. The van der Waals surface area contributed by atoms with Crippen LogP contribution in [0.5, 0.6) is 11.5 Å². The molecule has 150 valence electrons. The van der Waals surface area contributed by atoms with E-state index in [1.807, 2.05) is 31.2 Å². The minimum absolute atomic E-state index is 0.0532. The zero-order valence-corrected chi connectivity index (χ0v) is 15.5. The molecule has 4 nitrogen and oxygen atoms in total. The number of aromatic carboxylic acids is 1. The van der Waals surface area contributed by atoms with E-state index >= 15 is 0 Å². The van der Waals surface area contributed by atoms with Crippen LogP contribution in [0.2, 0.25) is 0 Å². The minimum atomic E-state index is -4.80. The van der Waals surface area contributed by atoms with Crippen molar-refractivity contribution in [2.75, 3.05) is 5.32 Å². The number of nitrogens with one attached hydrogen (secondary N) is 1. The molecule has 0 aliphatic rings. The highest BCUT2D eigenvalue weighted by Gasteiger charge is 2.37. The average Bonchev–Trinajstić information content (AvgIpc) is 2.67. The summed E-state index contributed by atoms with van der Waals surface area (Å²) in [6.07, 6.45) is -4.80. The van der Waals surface area contributed by atoms with Gasteiger partial charge in [-0.05, 0) is 36.8 Å². The van der Waals surface area contributed by atoms with Crippen molar-refractivity contribution >= 4 is 11.7 Å². The van der Waals surface area contributed by atoms with Crippen LogP contribution in [0.3, 0.4) is 0 Å². The number of benzene rings is 3. The Morgan fingerprint density at radius 2 is 1.76 bits per heavy atom. The smallest absolute Gasteiger partial charge is 0.420 e. The topological polar surface area (TPSA) is 58.6 Å². The van der Waals surface area contributed by atoms with Gasteiger partial charge in [0, 0.05) is 6.54 Å². The van der Waals surface area contributed by atoms with Crippen molar-refractivity contribution in [1.29, 1.82) is 0 Å². The molecule has 0 fully saturated rings. The van der Waals surface area contributed by atoms with Crippen molar-refractivity contribution < 1.29 is 27.8 Å². The summed E-state index contributed by atoms with van der Waals surface area (Å²) in [5.74, 6) is -1.72. The maximum atomic E-state index is 13.7. The van der Waals surface area contributed by atoms with Gasteiger partial charge in [-0.3, -0.25) is 0 Å². The average molecular weight is 401 g/mol. The Hall–Kier alpha value is -3.48. The van der Waals surface area contributed by atoms with Crippen LogP contribution in [-0.4, -0.2) is 11.1 Å². The number of anilines is 1. The number of hydrogen-bond donors (Lipinski definition) is 2. The van der Waals surface area contributed by atoms with Gasteiger partial charge in [-0.25, -0.2) is 4.79 Å². The molecule has 0 atom stereocenters. The van der Waals surface area contributed by atoms with Gasteiger partial charge in [0.05, 0.1) is 11.3 Å². The van der Waals surface area contributed by atoms with Gasteiger partial charge in [0.15, 0.2) is 5.75 Å². The first-order valence-electron chi connectivity index (χ1n) is 8.75. The monoisotopic (exact) mass is 401 g/mol. The van der Waals surface area contributed by atoms with Crippen LogP contribution in [0, 0.1) is 6.92 Å². The molecule has 0 saturated carbocycles. The fourth-order valence-corrected chi connectivity index (χ4v) is 2.83. The first-order chi connectivity index (χ1) is 13.7. The lowest BCUT2D eigenvalue weighted by molar-refractivity contribution is -0.138. The normalized spacial score (nSPS) is 11.2. The Morgan fingerprint density at radius 3 is 2.38 bits per heavy atom. The number of aryl methyl sites for hydroxylation is 1. The Morgan fingerprint density at radius 1 is 1.03 bits per heavy atom. The Bertz CT molecular complexity index is 1020. The summed E-state index contributed by atoms with van der Waals surface area (Å²) in [6.45, 7) is 2.10. The molecule has 0 aliphatic carbocycles. The van der Waals surface area contributed by atoms with Crippen LogP contribution in [0.25, 0.3) is 0 Å². The number of carboxylic acids is 1. The van der Waals surface area contributed by atoms with E-state index in [1.165, 1.54) is 12.1 Å². The first kappa shape index (κ1) is 20.3. The zero-order chi connectivity index (χ0) is 21.0. The van der Waals surface area contributed by atoms with E-state index in [9.17, 15) is 23.1 Å². The highest BCUT2D eigenvalue weighted by Crippen LogP contribution is 2.43. The van der Waals surface area contributed by atoms with Crippen molar-refractivity contribution in [2.24, 2.45) is 0 Å². The molecule has 0 amide bonds. The number of carboxylic acid groups (broad SMARTS) is 1. The highest BCUT2D eigenvalue weighted by molar-refractivity contribution is 5.90. The lowest BCUT2D eigenvalue weighted by atomic mass is 10.1. The molecule has 7 heteroatoms. The zero-order valence-electron chi connectivity index (χ0n) is 15.5. The number of rotatable bonds is 6. The lowest BCUT2D eigenvalue weighted by Gasteiger charge is -2.19. The third kappa shape index (κ3) is 5.07. The molecule has 3 aromatic rings. The summed E-state index contributed by atoms with van der Waals surface area (Å²) >= 11 is 0. The standard InChI is InChI=1S/C22H18F3NO3/c1-14-6-5-7-15(10-14)13-26-19-12-16(21(27)28)11-18(22(23,24)25)20(19)29-17-8-3-2-4-9-17/h2-12,26H,13H2,1H3,(H,27,28). The van der Waals surface area contributed by atoms with Crippen LogP contribution in [0.4, 0.5) is 18.9 Å². The van der Waals surface area contributed by atoms with Crippen LogP contribution in [0.15, 0.2) is 66.7 Å². The lowest BCUT2D eigenvalue weighted by Crippen LogP contribution is -2.12. The summed E-state index contributed by atoms with van der Waals surface area (Å²) in [5, 5.41) is 12.2. The van der Waals surface area contributed by atoms with E-state index in [1.54, 1.807) is 18.2 Å². The fourth-order valence-electron chi connectivity index (χ4n) is 2.83. The van der Waals surface area contributed by atoms with Gasteiger partial charge in [-0.2, -0.15) is 13.2 Å². The number of alkyl halides is 3. The number of carbonyl (C=O) groups is 1. The molecule has 0 unspecified atom stereocenters. The van der Waals surface area contributed by atoms with Gasteiger partial charge >= 0.3 is 12.1 Å². The van der Waals surface area contributed by atoms with Gasteiger partial charge in [0.1, 0.15) is 11.3 Å². The molecule has 3 rings (SSSR count). The van der Waals surface area contributed by atoms with Gasteiger partial charge in [0.25, 0.3) is 0 Å². The number of hydrogen-bond acceptors (Lipinski definition) is 3. The summed E-state index contributed by atoms with van der Waals surface area (Å²) < 4.78 is 46.6. The van der Waals surface area contributed by atoms with E-state index in [2.05, 4.69) is 5.32 Å². The molecule has 0 aliphatic heterocycles. The second-order valence-corrected chi connectivity index (χ2v) is 6.46. The Kier molecular flexibility index (Phi) is 5.77. The van der Waals surface area contributed by atoms with E-state index in [-0.39, 0.29) is 18.0 Å². The van der Waals surface area contributed by atoms with Crippen molar-refractivity contribution in [2.45, 2.75) is 19.6 Å². The predicted molar refractivity (Wildman–Crippen MR) is 103 cm³/mol. The summed E-state index contributed by atoms with van der Waals surface area (Å²) in [7, 11) is 0. The van der Waals surface area contributed by atoms with Gasteiger partial charge < -0.3 is 15.2 Å².